The van der Waals surface area contributed by atoms with E-state index in [2.05, 4.69) is 50.8 Å². The van der Waals surface area contributed by atoms with Gasteiger partial charge in [0, 0.05) is 5.25 Å². The van der Waals surface area contributed by atoms with E-state index in [0.29, 0.717) is 5.41 Å². The van der Waals surface area contributed by atoms with E-state index in [1.165, 1.54) is 6.42 Å². The molecule has 2 aliphatic rings. The third-order valence-corrected chi connectivity index (χ3v) is 4.30. The maximum absolute atomic E-state index is 2.48. The smallest absolute Gasteiger partial charge is 0.0337 e. The third-order valence-electron chi connectivity index (χ3n) is 2.52. The summed E-state index contributed by atoms with van der Waals surface area (Å²) >= 11 is 2.06. The molecule has 0 spiro atoms. The molecular weight excluding hydrogens is 164 g/mol. The fraction of sp³-hybridized carbons (Fsp3) is 0.636. The van der Waals surface area contributed by atoms with Crippen LogP contribution in [0, 0.1) is 11.3 Å². The highest BCUT2D eigenvalue weighted by atomic mass is 32.2. The lowest BCUT2D eigenvalue weighted by molar-refractivity contribution is 0.530. The largest absolute Gasteiger partial charge is 0.122 e. The van der Waals surface area contributed by atoms with Gasteiger partial charge in [-0.15, -0.1) is 11.8 Å². The predicted octanol–water partition coefficient (Wildman–Crippen LogP) is 3.61. The Morgan fingerprint density at radius 2 is 2.17 bits per heavy atom. The van der Waals surface area contributed by atoms with Gasteiger partial charge >= 0.3 is 0 Å². The van der Waals surface area contributed by atoms with E-state index in [-0.39, 0.29) is 0 Å². The van der Waals surface area contributed by atoms with Crippen LogP contribution in [0.5, 0.6) is 0 Å². The van der Waals surface area contributed by atoms with Crippen molar-refractivity contribution < 1.29 is 0 Å². The van der Waals surface area contributed by atoms with Crippen LogP contribution in [-0.2, 0) is 0 Å². The van der Waals surface area contributed by atoms with Crippen LogP contribution in [-0.4, -0.2) is 5.25 Å². The number of hydrogen-bond acceptors (Lipinski definition) is 1. The highest BCUT2D eigenvalue weighted by Crippen LogP contribution is 2.49. The first-order valence-electron chi connectivity index (χ1n) is 4.63. The number of hydrogen-bond donors (Lipinski definition) is 0. The van der Waals surface area contributed by atoms with Gasteiger partial charge in [-0.05, 0) is 22.7 Å². The third kappa shape index (κ3) is 1.35. The second-order valence-corrected chi connectivity index (χ2v) is 5.91. The monoisotopic (exact) mass is 180 g/mol. The molecule has 1 heteroatoms. The van der Waals surface area contributed by atoms with Crippen LogP contribution in [0.25, 0.3) is 0 Å². The molecule has 0 amide bonds. The van der Waals surface area contributed by atoms with Crippen molar-refractivity contribution in [2.24, 2.45) is 11.3 Å². The molecule has 0 bridgehead atoms. The summed E-state index contributed by atoms with van der Waals surface area (Å²) in [5, 5.41) is 0.763. The molecule has 2 atom stereocenters. The standard InChI is InChI=1S/C11H16S/c1-11(2,3)10-7-8-5-4-6-9(8)12-10/h4,6-9H,5H2,1-3H3. The summed E-state index contributed by atoms with van der Waals surface area (Å²) < 4.78 is 0. The molecule has 1 aliphatic carbocycles. The fourth-order valence-corrected chi connectivity index (χ4v) is 3.20. The molecule has 12 heavy (non-hydrogen) atoms. The van der Waals surface area contributed by atoms with Crippen LogP contribution >= 0.6 is 11.8 Å². The first-order chi connectivity index (χ1) is 5.57. The van der Waals surface area contributed by atoms with Gasteiger partial charge in [0.2, 0.25) is 0 Å². The van der Waals surface area contributed by atoms with Crippen molar-refractivity contribution in [3.05, 3.63) is 23.1 Å². The summed E-state index contributed by atoms with van der Waals surface area (Å²) in [6.07, 6.45) is 8.43. The molecule has 0 nitrogen and oxygen atoms in total. The maximum Gasteiger partial charge on any atom is 0.0337 e. The SMILES string of the molecule is CC(C)(C)C1=CC2CC=CC2S1. The molecule has 0 N–H and O–H groups in total. The van der Waals surface area contributed by atoms with E-state index in [4.69, 9.17) is 0 Å². The number of rotatable bonds is 0. The number of allylic oxidation sites excluding steroid dienone is 3. The predicted molar refractivity (Wildman–Crippen MR) is 56.2 cm³/mol. The molecule has 66 valence electrons. The minimum atomic E-state index is 0.364. The van der Waals surface area contributed by atoms with Crippen molar-refractivity contribution in [3.63, 3.8) is 0 Å². The molecule has 0 radical (unpaired) electrons. The summed E-state index contributed by atoms with van der Waals surface area (Å²) in [6.45, 7) is 6.91. The lowest BCUT2D eigenvalue weighted by Gasteiger charge is -2.19. The van der Waals surface area contributed by atoms with Gasteiger partial charge < -0.3 is 0 Å². The van der Waals surface area contributed by atoms with E-state index in [9.17, 15) is 0 Å². The summed E-state index contributed by atoms with van der Waals surface area (Å²) in [6, 6.07) is 0. The summed E-state index contributed by atoms with van der Waals surface area (Å²) in [5.41, 5.74) is 0.364. The molecule has 0 saturated heterocycles. The van der Waals surface area contributed by atoms with E-state index in [1.54, 1.807) is 4.91 Å². The van der Waals surface area contributed by atoms with Crippen molar-refractivity contribution >= 4 is 11.8 Å². The van der Waals surface area contributed by atoms with Crippen LogP contribution in [0.15, 0.2) is 23.1 Å². The van der Waals surface area contributed by atoms with E-state index >= 15 is 0 Å². The summed E-state index contributed by atoms with van der Waals surface area (Å²) in [4.78, 5) is 1.59. The Bertz CT molecular complexity index is 242. The minimum absolute atomic E-state index is 0.364. The van der Waals surface area contributed by atoms with Gasteiger partial charge in [0.25, 0.3) is 0 Å². The van der Waals surface area contributed by atoms with E-state index < -0.39 is 0 Å². The molecule has 0 aromatic heterocycles. The average Bonchev–Trinajstić information content (AvgIpc) is 2.37. The van der Waals surface area contributed by atoms with Gasteiger partial charge in [0.05, 0.1) is 0 Å². The molecular formula is C11H16S. The molecule has 0 saturated carbocycles. The Kier molecular flexibility index (Phi) is 1.87. The zero-order valence-corrected chi connectivity index (χ0v) is 8.82. The molecule has 0 fully saturated rings. The Morgan fingerprint density at radius 3 is 2.75 bits per heavy atom. The first-order valence-corrected chi connectivity index (χ1v) is 5.51. The van der Waals surface area contributed by atoms with Crippen molar-refractivity contribution in [3.8, 4) is 0 Å². The van der Waals surface area contributed by atoms with E-state index in [1.807, 2.05) is 0 Å². The average molecular weight is 180 g/mol. The van der Waals surface area contributed by atoms with Gasteiger partial charge in [-0.1, -0.05) is 39.0 Å². The second kappa shape index (κ2) is 2.66. The van der Waals surface area contributed by atoms with Crippen LogP contribution in [0.4, 0.5) is 0 Å². The van der Waals surface area contributed by atoms with Gasteiger partial charge in [-0.25, -0.2) is 0 Å². The number of thioether (sulfide) groups is 1. The number of fused-ring (bicyclic) bond motifs is 1. The van der Waals surface area contributed by atoms with Crippen molar-refractivity contribution in [2.45, 2.75) is 32.4 Å². The van der Waals surface area contributed by atoms with Gasteiger partial charge in [-0.3, -0.25) is 0 Å². The van der Waals surface area contributed by atoms with Crippen molar-refractivity contribution in [1.29, 1.82) is 0 Å². The Labute approximate surface area is 79.1 Å². The van der Waals surface area contributed by atoms with Crippen molar-refractivity contribution in [2.75, 3.05) is 0 Å². The van der Waals surface area contributed by atoms with Gasteiger partial charge in [0.15, 0.2) is 0 Å². The lowest BCUT2D eigenvalue weighted by atomic mass is 9.93. The maximum atomic E-state index is 2.48. The zero-order chi connectivity index (χ0) is 8.77. The Hall–Kier alpha value is -0.170. The quantitative estimate of drug-likeness (QED) is 0.513. The van der Waals surface area contributed by atoms with Crippen LogP contribution in [0.2, 0.25) is 0 Å². The zero-order valence-electron chi connectivity index (χ0n) is 8.00. The molecule has 1 aliphatic heterocycles. The second-order valence-electron chi connectivity index (χ2n) is 4.69. The molecule has 2 unspecified atom stereocenters. The normalized spacial score (nSPS) is 33.8. The molecule has 1 heterocycles. The van der Waals surface area contributed by atoms with Crippen molar-refractivity contribution in [1.82, 2.24) is 0 Å². The van der Waals surface area contributed by atoms with Crippen LogP contribution in [0.1, 0.15) is 27.2 Å². The van der Waals surface area contributed by atoms with E-state index in [0.717, 1.165) is 11.2 Å². The molecule has 0 aromatic carbocycles. The molecule has 2 rings (SSSR count). The Morgan fingerprint density at radius 1 is 1.42 bits per heavy atom. The highest BCUT2D eigenvalue weighted by molar-refractivity contribution is 8.04. The highest BCUT2D eigenvalue weighted by Gasteiger charge is 2.33. The van der Waals surface area contributed by atoms with Gasteiger partial charge in [-0.2, -0.15) is 0 Å². The lowest BCUT2D eigenvalue weighted by Crippen LogP contribution is -2.05. The van der Waals surface area contributed by atoms with Gasteiger partial charge in [0.1, 0.15) is 0 Å². The fourth-order valence-electron chi connectivity index (χ4n) is 1.74. The molecule has 0 aromatic rings. The summed E-state index contributed by atoms with van der Waals surface area (Å²) in [7, 11) is 0. The first kappa shape index (κ1) is 8.43. The summed E-state index contributed by atoms with van der Waals surface area (Å²) in [5.74, 6) is 0.809. The topological polar surface area (TPSA) is 0 Å². The van der Waals surface area contributed by atoms with Crippen LogP contribution in [0.3, 0.4) is 0 Å². The Balaban J connectivity index is 2.14. The van der Waals surface area contributed by atoms with Crippen LogP contribution < -0.4 is 0 Å². The minimum Gasteiger partial charge on any atom is -0.122 e.